The van der Waals surface area contributed by atoms with E-state index in [0.29, 0.717) is 5.16 Å². The zero-order chi connectivity index (χ0) is 21.1. The lowest BCUT2D eigenvalue weighted by molar-refractivity contribution is -0.116. The number of ether oxygens (including phenoxy) is 1. The summed E-state index contributed by atoms with van der Waals surface area (Å²) in [6.45, 7) is 4.11. The highest BCUT2D eigenvalue weighted by Gasteiger charge is 2.37. The second-order valence-corrected chi connectivity index (χ2v) is 8.11. The molecule has 7 nitrogen and oxygen atoms in total. The maximum Gasteiger partial charge on any atom is 0.240 e. The lowest BCUT2D eigenvalue weighted by Gasteiger charge is -2.33. The number of benzene rings is 2. The van der Waals surface area contributed by atoms with Gasteiger partial charge in [-0.1, -0.05) is 55.9 Å². The second-order valence-electron chi connectivity index (χ2n) is 7.01. The minimum Gasteiger partial charge on any atom is -0.497 e. The molecule has 0 bridgehead atoms. The number of para-hydroxylation sites is 1. The summed E-state index contributed by atoms with van der Waals surface area (Å²) in [6.07, 6.45) is 1.60. The topological polar surface area (TPSA) is 81.1 Å². The van der Waals surface area contributed by atoms with Gasteiger partial charge in [-0.2, -0.15) is 0 Å². The number of anilines is 1. The molecule has 0 spiro atoms. The molecule has 1 aliphatic heterocycles. The summed E-state index contributed by atoms with van der Waals surface area (Å²) in [5.41, 5.74) is 6.41. The molecule has 2 N–H and O–H groups in total. The fourth-order valence-electron chi connectivity index (χ4n) is 3.54. The number of carbonyl (C=O) groups excluding carboxylic acids is 1. The first-order chi connectivity index (χ1) is 14.6. The fraction of sp³-hybridized carbons (Fsp3) is 0.318. The van der Waals surface area contributed by atoms with Crippen molar-refractivity contribution in [1.29, 1.82) is 0 Å². The number of amides is 1. The molecule has 0 unspecified atom stereocenters. The highest BCUT2D eigenvalue weighted by molar-refractivity contribution is 8.00. The van der Waals surface area contributed by atoms with E-state index in [9.17, 15) is 4.79 Å². The molecular formula is C22H25N5O2S. The Labute approximate surface area is 180 Å². The van der Waals surface area contributed by atoms with Crippen molar-refractivity contribution in [3.63, 3.8) is 0 Å². The van der Waals surface area contributed by atoms with Gasteiger partial charge in [0.05, 0.1) is 13.2 Å². The maximum atomic E-state index is 13.4. The van der Waals surface area contributed by atoms with Crippen molar-refractivity contribution in [2.75, 3.05) is 17.9 Å². The van der Waals surface area contributed by atoms with E-state index < -0.39 is 5.25 Å². The molecule has 2 atom stereocenters. The first-order valence-electron chi connectivity index (χ1n) is 10.0. The van der Waals surface area contributed by atoms with Crippen LogP contribution in [-0.4, -0.2) is 33.1 Å². The molecule has 0 radical (unpaired) electrons. The molecule has 156 valence electrons. The predicted molar refractivity (Wildman–Crippen MR) is 119 cm³/mol. The number of aromatic nitrogens is 3. The van der Waals surface area contributed by atoms with Gasteiger partial charge in [-0.25, -0.2) is 4.68 Å². The Morgan fingerprint density at radius 1 is 1.13 bits per heavy atom. The van der Waals surface area contributed by atoms with Crippen molar-refractivity contribution in [3.05, 3.63) is 65.5 Å². The molecule has 3 aromatic rings. The molecule has 1 amide bonds. The SMILES string of the molecule is CCc1ccccc1NC(=O)[C@H]1Sc2nnc(CC)n2N[C@@H]1c1ccc(OC)cc1. The van der Waals surface area contributed by atoms with Crippen molar-refractivity contribution in [2.45, 2.75) is 43.1 Å². The van der Waals surface area contributed by atoms with E-state index in [4.69, 9.17) is 4.74 Å². The van der Waals surface area contributed by atoms with Crippen LogP contribution < -0.4 is 15.5 Å². The number of aryl methyl sites for hydroxylation is 2. The van der Waals surface area contributed by atoms with Crippen LogP contribution in [0.15, 0.2) is 53.7 Å². The molecule has 0 fully saturated rings. The van der Waals surface area contributed by atoms with E-state index in [2.05, 4.69) is 27.9 Å². The number of hydrogen-bond donors (Lipinski definition) is 2. The van der Waals surface area contributed by atoms with Crippen LogP contribution in [0.25, 0.3) is 0 Å². The summed E-state index contributed by atoms with van der Waals surface area (Å²) in [5, 5.41) is 11.9. The van der Waals surface area contributed by atoms with Gasteiger partial charge in [0.1, 0.15) is 11.0 Å². The zero-order valence-corrected chi connectivity index (χ0v) is 18.1. The van der Waals surface area contributed by atoms with Gasteiger partial charge in [0.25, 0.3) is 0 Å². The molecule has 1 aliphatic rings. The third-order valence-electron chi connectivity index (χ3n) is 5.21. The summed E-state index contributed by atoms with van der Waals surface area (Å²) < 4.78 is 7.18. The largest absolute Gasteiger partial charge is 0.497 e. The quantitative estimate of drug-likeness (QED) is 0.628. The number of nitrogens with zero attached hydrogens (tertiary/aromatic N) is 3. The van der Waals surface area contributed by atoms with Crippen LogP contribution in [-0.2, 0) is 17.6 Å². The van der Waals surface area contributed by atoms with E-state index >= 15 is 0 Å². The predicted octanol–water partition coefficient (Wildman–Crippen LogP) is 3.81. The van der Waals surface area contributed by atoms with Crippen molar-refractivity contribution < 1.29 is 9.53 Å². The third kappa shape index (κ3) is 3.87. The molecule has 0 aliphatic carbocycles. The highest BCUT2D eigenvalue weighted by atomic mass is 32.2. The van der Waals surface area contributed by atoms with Crippen LogP contribution in [0.5, 0.6) is 5.75 Å². The Morgan fingerprint density at radius 2 is 1.90 bits per heavy atom. The Balaban J connectivity index is 1.67. The Bertz CT molecular complexity index is 1030. The maximum absolute atomic E-state index is 13.4. The summed E-state index contributed by atoms with van der Waals surface area (Å²) in [6, 6.07) is 15.4. The summed E-state index contributed by atoms with van der Waals surface area (Å²) in [7, 11) is 1.64. The minimum atomic E-state index is -0.412. The Morgan fingerprint density at radius 3 is 2.60 bits per heavy atom. The molecule has 1 aromatic heterocycles. The minimum absolute atomic E-state index is 0.0680. The van der Waals surface area contributed by atoms with Crippen LogP contribution in [0.2, 0.25) is 0 Å². The van der Waals surface area contributed by atoms with Crippen molar-refractivity contribution in [1.82, 2.24) is 14.9 Å². The third-order valence-corrected chi connectivity index (χ3v) is 6.42. The van der Waals surface area contributed by atoms with Crippen LogP contribution in [0.4, 0.5) is 5.69 Å². The van der Waals surface area contributed by atoms with Gasteiger partial charge in [0.15, 0.2) is 5.82 Å². The van der Waals surface area contributed by atoms with E-state index in [0.717, 1.165) is 41.2 Å². The van der Waals surface area contributed by atoms with E-state index in [1.807, 2.05) is 60.1 Å². The van der Waals surface area contributed by atoms with E-state index in [1.54, 1.807) is 7.11 Å². The standard InChI is InChI=1S/C22H25N5O2S/c1-4-14-8-6-7-9-17(14)23-21(28)20-19(15-10-12-16(29-3)13-11-15)26-27-18(5-2)24-25-22(27)30-20/h6-13,19-20,26H,4-5H2,1-3H3,(H,23,28)/t19-,20+/m1/s1. The molecule has 4 rings (SSSR count). The summed E-state index contributed by atoms with van der Waals surface area (Å²) >= 11 is 1.43. The first-order valence-corrected chi connectivity index (χ1v) is 10.9. The molecule has 2 aromatic carbocycles. The Hall–Kier alpha value is -3.00. The van der Waals surface area contributed by atoms with Crippen LogP contribution >= 0.6 is 11.8 Å². The van der Waals surface area contributed by atoms with Crippen LogP contribution in [0.1, 0.15) is 36.8 Å². The van der Waals surface area contributed by atoms with Gasteiger partial charge >= 0.3 is 0 Å². The number of fused-ring (bicyclic) bond motifs is 1. The number of nitrogens with one attached hydrogen (secondary N) is 2. The van der Waals surface area contributed by atoms with Crippen molar-refractivity contribution >= 4 is 23.4 Å². The van der Waals surface area contributed by atoms with Gasteiger partial charge in [-0.05, 0) is 35.7 Å². The summed E-state index contributed by atoms with van der Waals surface area (Å²) in [5.74, 6) is 1.55. The van der Waals surface area contributed by atoms with Gasteiger partial charge in [-0.15, -0.1) is 10.2 Å². The Kier molecular flexibility index (Phi) is 5.94. The van der Waals surface area contributed by atoms with Gasteiger partial charge in [0.2, 0.25) is 11.1 Å². The molecule has 0 saturated carbocycles. The molecular weight excluding hydrogens is 398 g/mol. The number of thioether (sulfide) groups is 1. The molecule has 0 saturated heterocycles. The number of methoxy groups -OCH3 is 1. The normalized spacial score (nSPS) is 17.7. The second kappa shape index (κ2) is 8.79. The van der Waals surface area contributed by atoms with Gasteiger partial charge in [0, 0.05) is 12.1 Å². The number of hydrogen-bond acceptors (Lipinski definition) is 6. The van der Waals surface area contributed by atoms with Crippen LogP contribution in [0, 0.1) is 0 Å². The van der Waals surface area contributed by atoms with Gasteiger partial charge < -0.3 is 15.5 Å². The number of carbonyl (C=O) groups is 1. The fourth-order valence-corrected chi connectivity index (χ4v) is 4.64. The first kappa shape index (κ1) is 20.3. The van der Waals surface area contributed by atoms with Crippen molar-refractivity contribution in [3.8, 4) is 5.75 Å². The molecule has 8 heteroatoms. The lowest BCUT2D eigenvalue weighted by atomic mass is 10.0. The average Bonchev–Trinajstić information content (AvgIpc) is 3.20. The average molecular weight is 424 g/mol. The zero-order valence-electron chi connectivity index (χ0n) is 17.3. The van der Waals surface area contributed by atoms with Crippen LogP contribution in [0.3, 0.4) is 0 Å². The van der Waals surface area contributed by atoms with Crippen molar-refractivity contribution in [2.24, 2.45) is 0 Å². The lowest BCUT2D eigenvalue weighted by Crippen LogP contribution is -2.41. The monoisotopic (exact) mass is 423 g/mol. The number of rotatable bonds is 6. The van der Waals surface area contributed by atoms with Gasteiger partial charge in [-0.3, -0.25) is 4.79 Å². The molecule has 30 heavy (non-hydrogen) atoms. The van der Waals surface area contributed by atoms with E-state index in [1.165, 1.54) is 11.8 Å². The van der Waals surface area contributed by atoms with E-state index in [-0.39, 0.29) is 11.9 Å². The smallest absolute Gasteiger partial charge is 0.240 e. The summed E-state index contributed by atoms with van der Waals surface area (Å²) in [4.78, 5) is 13.4. The molecule has 2 heterocycles. The highest BCUT2D eigenvalue weighted by Crippen LogP contribution is 2.38.